The summed E-state index contributed by atoms with van der Waals surface area (Å²) >= 11 is 5.87. The summed E-state index contributed by atoms with van der Waals surface area (Å²) in [6.45, 7) is 5.80. The second-order valence-electron chi connectivity index (χ2n) is 3.77. The minimum Gasteiger partial charge on any atom is -0.471 e. The molecule has 4 heteroatoms. The van der Waals surface area contributed by atoms with Crippen LogP contribution in [-0.4, -0.2) is 10.6 Å². The molecule has 72 valence electrons. The van der Waals surface area contributed by atoms with E-state index >= 15 is 0 Å². The molecule has 0 aliphatic heterocycles. The molecule has 1 aromatic heterocycles. The Morgan fingerprint density at radius 2 is 2.08 bits per heavy atom. The molecule has 2 N–H and O–H groups in total. The number of hydrogen-bond acceptors (Lipinski definition) is 3. The van der Waals surface area contributed by atoms with E-state index in [0.29, 0.717) is 16.6 Å². The number of anilines is 1. The molecule has 1 heterocycles. The smallest absolute Gasteiger partial charge is 0.233 e. The third kappa shape index (κ3) is 3.11. The number of hydrogen-bond donors (Lipinski definition) is 1. The fourth-order valence-corrected chi connectivity index (χ4v) is 1.02. The van der Waals surface area contributed by atoms with Crippen molar-refractivity contribution in [1.29, 1.82) is 0 Å². The predicted molar refractivity (Wildman–Crippen MR) is 54.0 cm³/mol. The molecule has 0 aliphatic carbocycles. The van der Waals surface area contributed by atoms with Crippen LogP contribution in [0, 0.1) is 0 Å². The molecule has 0 aromatic carbocycles. The summed E-state index contributed by atoms with van der Waals surface area (Å²) in [5, 5.41) is 0.440. The van der Waals surface area contributed by atoms with Crippen molar-refractivity contribution in [3.63, 3.8) is 0 Å². The fourth-order valence-electron chi connectivity index (χ4n) is 0.805. The average Bonchev–Trinajstić information content (AvgIpc) is 1.93. The SMILES string of the molecule is CC(C)(C)Oc1ncc(N)cc1Cl. The maximum absolute atomic E-state index is 5.87. The maximum atomic E-state index is 5.87. The maximum Gasteiger partial charge on any atom is 0.233 e. The number of pyridine rings is 1. The Bertz CT molecular complexity index is 307. The van der Waals surface area contributed by atoms with E-state index in [2.05, 4.69) is 4.98 Å². The first-order chi connectivity index (χ1) is 5.88. The summed E-state index contributed by atoms with van der Waals surface area (Å²) < 4.78 is 5.49. The number of rotatable bonds is 1. The van der Waals surface area contributed by atoms with Crippen LogP contribution in [0.15, 0.2) is 12.3 Å². The molecule has 0 saturated heterocycles. The van der Waals surface area contributed by atoms with Gasteiger partial charge in [-0.2, -0.15) is 0 Å². The van der Waals surface area contributed by atoms with E-state index in [9.17, 15) is 0 Å². The van der Waals surface area contributed by atoms with Gasteiger partial charge in [-0.25, -0.2) is 4.98 Å². The first-order valence-electron chi connectivity index (χ1n) is 3.98. The van der Waals surface area contributed by atoms with Crippen LogP contribution in [0.2, 0.25) is 5.02 Å². The van der Waals surface area contributed by atoms with Gasteiger partial charge in [-0.05, 0) is 26.8 Å². The molecule has 0 fully saturated rings. The van der Waals surface area contributed by atoms with Crippen molar-refractivity contribution in [2.75, 3.05) is 5.73 Å². The quantitative estimate of drug-likeness (QED) is 0.758. The first kappa shape index (κ1) is 10.1. The molecular formula is C9H13ClN2O. The molecular weight excluding hydrogens is 188 g/mol. The van der Waals surface area contributed by atoms with Crippen molar-refractivity contribution in [1.82, 2.24) is 4.98 Å². The summed E-state index contributed by atoms with van der Waals surface area (Å²) in [5.41, 5.74) is 5.72. The summed E-state index contributed by atoms with van der Waals surface area (Å²) in [7, 11) is 0. The van der Waals surface area contributed by atoms with Crippen LogP contribution in [-0.2, 0) is 0 Å². The minimum atomic E-state index is -0.299. The third-order valence-electron chi connectivity index (χ3n) is 1.23. The number of nitrogens with zero attached hydrogens (tertiary/aromatic N) is 1. The highest BCUT2D eigenvalue weighted by molar-refractivity contribution is 6.32. The average molecular weight is 201 g/mol. The lowest BCUT2D eigenvalue weighted by atomic mass is 10.2. The van der Waals surface area contributed by atoms with Crippen LogP contribution >= 0.6 is 11.6 Å². The van der Waals surface area contributed by atoms with Crippen LogP contribution in [0.3, 0.4) is 0 Å². The zero-order chi connectivity index (χ0) is 10.1. The van der Waals surface area contributed by atoms with Crippen LogP contribution in [0.25, 0.3) is 0 Å². The molecule has 0 bridgehead atoms. The van der Waals surface area contributed by atoms with Gasteiger partial charge in [0.2, 0.25) is 5.88 Å². The van der Waals surface area contributed by atoms with Crippen LogP contribution in [0.4, 0.5) is 5.69 Å². The lowest BCUT2D eigenvalue weighted by Gasteiger charge is -2.20. The zero-order valence-electron chi connectivity index (χ0n) is 7.97. The largest absolute Gasteiger partial charge is 0.471 e. The number of halogens is 1. The zero-order valence-corrected chi connectivity index (χ0v) is 8.72. The van der Waals surface area contributed by atoms with E-state index in [1.165, 1.54) is 6.20 Å². The van der Waals surface area contributed by atoms with E-state index in [4.69, 9.17) is 22.1 Å². The molecule has 0 spiro atoms. The lowest BCUT2D eigenvalue weighted by Crippen LogP contribution is -2.23. The Hall–Kier alpha value is -0.960. The summed E-state index contributed by atoms with van der Waals surface area (Å²) in [4.78, 5) is 3.98. The Labute approximate surface area is 82.9 Å². The van der Waals surface area contributed by atoms with Gasteiger partial charge < -0.3 is 10.5 Å². The van der Waals surface area contributed by atoms with Crippen molar-refractivity contribution < 1.29 is 4.74 Å². The first-order valence-corrected chi connectivity index (χ1v) is 4.36. The van der Waals surface area contributed by atoms with E-state index in [0.717, 1.165) is 0 Å². The van der Waals surface area contributed by atoms with Crippen LogP contribution in [0.5, 0.6) is 5.88 Å². The highest BCUT2D eigenvalue weighted by Gasteiger charge is 2.14. The van der Waals surface area contributed by atoms with E-state index < -0.39 is 0 Å². The van der Waals surface area contributed by atoms with Gasteiger partial charge in [-0.15, -0.1) is 0 Å². The second-order valence-corrected chi connectivity index (χ2v) is 4.18. The molecule has 0 unspecified atom stereocenters. The van der Waals surface area contributed by atoms with Crippen molar-refractivity contribution in [3.05, 3.63) is 17.3 Å². The van der Waals surface area contributed by atoms with Gasteiger partial charge in [0.1, 0.15) is 10.6 Å². The van der Waals surface area contributed by atoms with Gasteiger partial charge in [0.15, 0.2) is 0 Å². The number of aromatic nitrogens is 1. The standard InChI is InChI=1S/C9H13ClN2O/c1-9(2,3)13-8-7(10)4-6(11)5-12-8/h4-5H,11H2,1-3H3. The molecule has 13 heavy (non-hydrogen) atoms. The van der Waals surface area contributed by atoms with Gasteiger partial charge in [-0.1, -0.05) is 11.6 Å². The van der Waals surface area contributed by atoms with Crippen molar-refractivity contribution >= 4 is 17.3 Å². The molecule has 0 atom stereocenters. The molecule has 3 nitrogen and oxygen atoms in total. The Kier molecular flexibility index (Phi) is 2.66. The van der Waals surface area contributed by atoms with Gasteiger partial charge in [0, 0.05) is 0 Å². The van der Waals surface area contributed by atoms with Crippen molar-refractivity contribution in [2.45, 2.75) is 26.4 Å². The monoisotopic (exact) mass is 200 g/mol. The summed E-state index contributed by atoms with van der Waals surface area (Å²) in [5.74, 6) is 0.420. The third-order valence-corrected chi connectivity index (χ3v) is 1.50. The van der Waals surface area contributed by atoms with Crippen LogP contribution in [0.1, 0.15) is 20.8 Å². The topological polar surface area (TPSA) is 48.1 Å². The molecule has 0 radical (unpaired) electrons. The van der Waals surface area contributed by atoms with Gasteiger partial charge >= 0.3 is 0 Å². The molecule has 0 saturated carbocycles. The Balaban J connectivity index is 2.90. The lowest BCUT2D eigenvalue weighted by molar-refractivity contribution is 0.124. The number of nitrogen functional groups attached to an aromatic ring is 1. The normalized spacial score (nSPS) is 11.4. The fraction of sp³-hybridized carbons (Fsp3) is 0.444. The molecule has 0 aliphatic rings. The van der Waals surface area contributed by atoms with E-state index in [-0.39, 0.29) is 5.60 Å². The molecule has 1 aromatic rings. The Morgan fingerprint density at radius 3 is 2.54 bits per heavy atom. The van der Waals surface area contributed by atoms with Gasteiger partial charge in [0.05, 0.1) is 11.9 Å². The summed E-state index contributed by atoms with van der Waals surface area (Å²) in [6.07, 6.45) is 1.52. The minimum absolute atomic E-state index is 0.299. The van der Waals surface area contributed by atoms with E-state index in [1.54, 1.807) is 6.07 Å². The molecule has 1 rings (SSSR count). The van der Waals surface area contributed by atoms with Gasteiger partial charge in [-0.3, -0.25) is 0 Å². The number of ether oxygens (including phenoxy) is 1. The Morgan fingerprint density at radius 1 is 1.46 bits per heavy atom. The molecule has 0 amide bonds. The number of nitrogens with two attached hydrogens (primary N) is 1. The highest BCUT2D eigenvalue weighted by Crippen LogP contribution is 2.26. The van der Waals surface area contributed by atoms with E-state index in [1.807, 2.05) is 20.8 Å². The highest BCUT2D eigenvalue weighted by atomic mass is 35.5. The van der Waals surface area contributed by atoms with Crippen LogP contribution < -0.4 is 10.5 Å². The van der Waals surface area contributed by atoms with Gasteiger partial charge in [0.25, 0.3) is 0 Å². The summed E-state index contributed by atoms with van der Waals surface area (Å²) in [6, 6.07) is 1.62. The van der Waals surface area contributed by atoms with Crippen molar-refractivity contribution in [3.8, 4) is 5.88 Å². The van der Waals surface area contributed by atoms with Crippen molar-refractivity contribution in [2.24, 2.45) is 0 Å². The second kappa shape index (κ2) is 3.42. The predicted octanol–water partition coefficient (Wildman–Crippen LogP) is 2.49.